The van der Waals surface area contributed by atoms with Crippen molar-refractivity contribution >= 4 is 23.0 Å². The van der Waals surface area contributed by atoms with Crippen molar-refractivity contribution in [3.05, 3.63) is 82.2 Å². The summed E-state index contributed by atoms with van der Waals surface area (Å²) in [5, 5.41) is 26.0. The molecule has 0 unspecified atom stereocenters. The lowest BCUT2D eigenvalue weighted by molar-refractivity contribution is -0.192. The highest BCUT2D eigenvalue weighted by molar-refractivity contribution is 5.81. The molecule has 0 fully saturated rings. The summed E-state index contributed by atoms with van der Waals surface area (Å²) in [6.45, 7) is 12.1. The summed E-state index contributed by atoms with van der Waals surface area (Å²) in [6, 6.07) is 14.3. The first-order valence-electron chi connectivity index (χ1n) is 14.8. The van der Waals surface area contributed by atoms with Gasteiger partial charge in [0.2, 0.25) is 0 Å². The molecular formula is C33H38F3N5O5. The van der Waals surface area contributed by atoms with Crippen LogP contribution in [0.4, 0.5) is 13.2 Å². The number of aliphatic carboxylic acids is 2. The Morgan fingerprint density at radius 3 is 2.41 bits per heavy atom. The van der Waals surface area contributed by atoms with Crippen LogP contribution in [0.25, 0.3) is 11.0 Å². The molecule has 246 valence electrons. The third-order valence-corrected chi connectivity index (χ3v) is 8.44. The molecule has 0 aliphatic carbocycles. The van der Waals surface area contributed by atoms with Crippen LogP contribution in [-0.4, -0.2) is 65.9 Å². The standard InChI is InChI=1S/C31H37N5O3.C2HF3O2/c1-7-23-17-36(18-25-27(39-23)9-8-14-32-25)16-22-15-21(11-10-19(22)2)28(31(4,5)30(37)38)24-12-13-26-29(20(24)3)33-34-35(26)6;3-2(4,5)1(6)7/h8-15,23,28H,7,16-18H2,1-6H3,(H,37,38);(H,6,7)/t23-,28+;/m1./s1. The first kappa shape index (κ1) is 34.4. The van der Waals surface area contributed by atoms with Crippen molar-refractivity contribution in [3.8, 4) is 5.75 Å². The minimum absolute atomic E-state index is 0.0824. The van der Waals surface area contributed by atoms with Crippen molar-refractivity contribution in [2.75, 3.05) is 6.54 Å². The summed E-state index contributed by atoms with van der Waals surface area (Å²) >= 11 is 0. The number of hydrogen-bond donors (Lipinski definition) is 2. The molecule has 3 heterocycles. The van der Waals surface area contributed by atoms with Crippen molar-refractivity contribution in [3.63, 3.8) is 0 Å². The smallest absolute Gasteiger partial charge is 0.487 e. The van der Waals surface area contributed by atoms with Gasteiger partial charge in [-0.15, -0.1) is 5.10 Å². The number of aromatic nitrogens is 4. The third kappa shape index (κ3) is 7.30. The summed E-state index contributed by atoms with van der Waals surface area (Å²) in [6.07, 6.45) is -2.28. The van der Waals surface area contributed by atoms with Crippen molar-refractivity contribution < 1.29 is 37.7 Å². The molecule has 10 nitrogen and oxygen atoms in total. The average Bonchev–Trinajstić information content (AvgIpc) is 3.26. The van der Waals surface area contributed by atoms with Crippen LogP contribution in [0.15, 0.2) is 48.7 Å². The second-order valence-corrected chi connectivity index (χ2v) is 12.1. The van der Waals surface area contributed by atoms with E-state index in [2.05, 4.69) is 52.2 Å². The lowest BCUT2D eigenvalue weighted by Crippen LogP contribution is -2.33. The maximum atomic E-state index is 12.6. The van der Waals surface area contributed by atoms with Gasteiger partial charge < -0.3 is 14.9 Å². The Morgan fingerprint density at radius 1 is 1.09 bits per heavy atom. The van der Waals surface area contributed by atoms with Crippen molar-refractivity contribution in [1.82, 2.24) is 24.9 Å². The summed E-state index contributed by atoms with van der Waals surface area (Å²) < 4.78 is 39.7. The van der Waals surface area contributed by atoms with Crippen LogP contribution in [0, 0.1) is 19.3 Å². The van der Waals surface area contributed by atoms with E-state index < -0.39 is 23.5 Å². The fraction of sp³-hybridized carbons (Fsp3) is 0.424. The van der Waals surface area contributed by atoms with E-state index >= 15 is 0 Å². The Labute approximate surface area is 264 Å². The van der Waals surface area contributed by atoms with E-state index in [1.54, 1.807) is 18.5 Å². The quantitative estimate of drug-likeness (QED) is 0.248. The van der Waals surface area contributed by atoms with Gasteiger partial charge in [0.15, 0.2) is 0 Å². The van der Waals surface area contributed by atoms with Crippen LogP contribution in [0.5, 0.6) is 5.75 Å². The lowest BCUT2D eigenvalue weighted by atomic mass is 9.69. The molecule has 2 N–H and O–H groups in total. The van der Waals surface area contributed by atoms with Crippen LogP contribution in [0.1, 0.15) is 66.6 Å². The van der Waals surface area contributed by atoms with Gasteiger partial charge in [-0.2, -0.15) is 13.2 Å². The van der Waals surface area contributed by atoms with E-state index in [4.69, 9.17) is 14.6 Å². The van der Waals surface area contributed by atoms with Crippen molar-refractivity contribution in [1.29, 1.82) is 0 Å². The third-order valence-electron chi connectivity index (χ3n) is 8.44. The van der Waals surface area contributed by atoms with Gasteiger partial charge in [-0.25, -0.2) is 9.48 Å². The van der Waals surface area contributed by atoms with E-state index in [0.717, 1.165) is 58.7 Å². The van der Waals surface area contributed by atoms with E-state index in [9.17, 15) is 23.1 Å². The minimum Gasteiger partial charge on any atom is -0.487 e. The molecule has 2 aromatic heterocycles. The molecule has 0 saturated heterocycles. The SMILES string of the molecule is CC[C@@H]1CN(Cc2cc([C@@H](c3ccc4c(nnn4C)c3C)C(C)(C)C(=O)O)ccc2C)Cc2ncccc2O1.O=C(O)C(F)(F)F. The van der Waals surface area contributed by atoms with E-state index in [1.807, 2.05) is 44.4 Å². The van der Waals surface area contributed by atoms with Crippen LogP contribution < -0.4 is 4.74 Å². The number of rotatable bonds is 7. The molecule has 1 aliphatic heterocycles. The average molecular weight is 642 g/mol. The maximum absolute atomic E-state index is 12.6. The molecule has 2 atom stereocenters. The second kappa shape index (κ2) is 13.5. The van der Waals surface area contributed by atoms with Gasteiger partial charge >= 0.3 is 18.1 Å². The molecule has 2 aromatic carbocycles. The predicted molar refractivity (Wildman–Crippen MR) is 164 cm³/mol. The van der Waals surface area contributed by atoms with Gasteiger partial charge in [0.25, 0.3) is 0 Å². The molecule has 0 radical (unpaired) electrons. The molecule has 0 bridgehead atoms. The number of pyridine rings is 1. The molecule has 1 aliphatic rings. The molecule has 0 amide bonds. The Balaban J connectivity index is 0.000000617. The fourth-order valence-corrected chi connectivity index (χ4v) is 5.72. The number of carboxylic acid groups (broad SMARTS) is 2. The predicted octanol–water partition coefficient (Wildman–Crippen LogP) is 6.03. The lowest BCUT2D eigenvalue weighted by Gasteiger charge is -2.33. The molecule has 5 rings (SSSR count). The first-order valence-corrected chi connectivity index (χ1v) is 14.8. The summed E-state index contributed by atoms with van der Waals surface area (Å²) in [4.78, 5) is 28.5. The zero-order valence-corrected chi connectivity index (χ0v) is 26.6. The zero-order valence-electron chi connectivity index (χ0n) is 26.6. The monoisotopic (exact) mass is 641 g/mol. The number of ether oxygens (including phenoxy) is 1. The Bertz CT molecular complexity index is 1740. The largest absolute Gasteiger partial charge is 0.490 e. The van der Waals surface area contributed by atoms with E-state index in [-0.39, 0.29) is 12.0 Å². The van der Waals surface area contributed by atoms with E-state index in [1.165, 1.54) is 11.1 Å². The number of fused-ring (bicyclic) bond motifs is 2. The molecule has 0 saturated carbocycles. The molecule has 13 heteroatoms. The summed E-state index contributed by atoms with van der Waals surface area (Å²) in [5.74, 6) is -3.12. The number of benzene rings is 2. The number of hydrogen-bond acceptors (Lipinski definition) is 7. The second-order valence-electron chi connectivity index (χ2n) is 12.1. The van der Waals surface area contributed by atoms with Crippen LogP contribution in [-0.2, 0) is 29.7 Å². The van der Waals surface area contributed by atoms with Gasteiger partial charge in [-0.1, -0.05) is 36.4 Å². The normalized spacial score (nSPS) is 16.1. The van der Waals surface area contributed by atoms with Gasteiger partial charge in [0.1, 0.15) is 17.4 Å². The fourth-order valence-electron chi connectivity index (χ4n) is 5.72. The Morgan fingerprint density at radius 2 is 1.78 bits per heavy atom. The summed E-state index contributed by atoms with van der Waals surface area (Å²) in [5.41, 5.74) is 6.85. The highest BCUT2D eigenvalue weighted by atomic mass is 19.4. The Kier molecular flexibility index (Phi) is 10.0. The maximum Gasteiger partial charge on any atom is 0.490 e. The Hall–Kier alpha value is -4.52. The zero-order chi connectivity index (χ0) is 34.0. The van der Waals surface area contributed by atoms with Crippen LogP contribution in [0.3, 0.4) is 0 Å². The highest BCUT2D eigenvalue weighted by Gasteiger charge is 2.40. The first-order chi connectivity index (χ1) is 21.5. The molecule has 0 spiro atoms. The molecular weight excluding hydrogens is 603 g/mol. The minimum atomic E-state index is -5.08. The van der Waals surface area contributed by atoms with Crippen LogP contribution in [0.2, 0.25) is 0 Å². The van der Waals surface area contributed by atoms with Crippen molar-refractivity contribution in [2.45, 2.75) is 72.3 Å². The number of carboxylic acids is 2. The number of alkyl halides is 3. The van der Waals surface area contributed by atoms with Crippen LogP contribution >= 0.6 is 0 Å². The topological polar surface area (TPSA) is 131 Å². The summed E-state index contributed by atoms with van der Waals surface area (Å²) in [7, 11) is 1.87. The van der Waals surface area contributed by atoms with Crippen molar-refractivity contribution in [2.24, 2.45) is 12.5 Å². The van der Waals surface area contributed by atoms with E-state index in [0.29, 0.717) is 6.54 Å². The number of aryl methyl sites for hydroxylation is 3. The highest BCUT2D eigenvalue weighted by Crippen LogP contribution is 2.44. The molecule has 4 aromatic rings. The van der Waals surface area contributed by atoms with Gasteiger partial charge in [0, 0.05) is 38.8 Å². The van der Waals surface area contributed by atoms with Gasteiger partial charge in [-0.05, 0) is 80.1 Å². The molecule has 46 heavy (non-hydrogen) atoms. The van der Waals surface area contributed by atoms with Gasteiger partial charge in [0.05, 0.1) is 16.6 Å². The number of halogens is 3. The number of nitrogens with zero attached hydrogens (tertiary/aromatic N) is 5. The van der Waals surface area contributed by atoms with Gasteiger partial charge in [-0.3, -0.25) is 14.7 Å². The number of carbonyl (C=O) groups is 2.